The van der Waals surface area contributed by atoms with Gasteiger partial charge in [-0.2, -0.15) is 8.42 Å². The van der Waals surface area contributed by atoms with Gasteiger partial charge >= 0.3 is 5.97 Å². The molecule has 0 saturated carbocycles. The molecule has 1 aromatic rings. The van der Waals surface area contributed by atoms with Gasteiger partial charge in [-0.3, -0.25) is 9.35 Å². The van der Waals surface area contributed by atoms with Crippen LogP contribution in [0.15, 0.2) is 29.2 Å². The number of benzene rings is 1. The van der Waals surface area contributed by atoms with E-state index in [9.17, 15) is 13.2 Å². The molecule has 0 saturated heterocycles. The predicted molar refractivity (Wildman–Crippen MR) is 97.7 cm³/mol. The maximum absolute atomic E-state index is 11.4. The molecule has 1 rings (SSSR count). The van der Waals surface area contributed by atoms with Crippen LogP contribution in [-0.4, -0.2) is 37.1 Å². The number of carbonyl (C=O) groups is 1. The molecule has 0 aliphatic rings. The van der Waals surface area contributed by atoms with Crippen LogP contribution in [0.25, 0.3) is 0 Å². The molecule has 8 heteroatoms. The summed E-state index contributed by atoms with van der Waals surface area (Å²) >= 11 is 0. The molecule has 0 aliphatic carbocycles. The number of unbranched alkanes of at least 4 members (excludes halogenated alkanes) is 1. The molecule has 1 atom stereocenters. The van der Waals surface area contributed by atoms with E-state index >= 15 is 0 Å². The van der Waals surface area contributed by atoms with Gasteiger partial charge < -0.3 is 16.2 Å². The summed E-state index contributed by atoms with van der Waals surface area (Å²) in [5.41, 5.74) is 11.5. The van der Waals surface area contributed by atoms with Crippen molar-refractivity contribution in [3.05, 3.63) is 29.8 Å². The number of hydrogen-bond acceptors (Lipinski definition) is 6. The lowest BCUT2D eigenvalue weighted by atomic mass is 10.1. The van der Waals surface area contributed by atoms with Gasteiger partial charge in [-0.15, -0.1) is 0 Å². The Morgan fingerprint density at radius 1 is 1.20 bits per heavy atom. The highest BCUT2D eigenvalue weighted by Crippen LogP contribution is 2.10. The summed E-state index contributed by atoms with van der Waals surface area (Å²) in [4.78, 5) is 11.3. The normalized spacial score (nSPS) is 12.8. The number of carbonyl (C=O) groups excluding carboxylic acids is 1. The first-order valence-electron chi connectivity index (χ1n) is 8.09. The van der Waals surface area contributed by atoms with E-state index in [1.165, 1.54) is 12.1 Å². The molecule has 144 valence electrons. The van der Waals surface area contributed by atoms with Crippen LogP contribution in [-0.2, 0) is 19.6 Å². The Morgan fingerprint density at radius 2 is 1.72 bits per heavy atom. The monoisotopic (exact) mass is 374 g/mol. The fourth-order valence-electron chi connectivity index (χ4n) is 1.71. The molecular formula is C17H30N2O5S. The van der Waals surface area contributed by atoms with Crippen LogP contribution in [0.5, 0.6) is 0 Å². The van der Waals surface area contributed by atoms with Gasteiger partial charge in [0.1, 0.15) is 11.6 Å². The van der Waals surface area contributed by atoms with Crippen LogP contribution in [0.3, 0.4) is 0 Å². The van der Waals surface area contributed by atoms with Crippen molar-refractivity contribution in [1.29, 1.82) is 0 Å². The third kappa shape index (κ3) is 11.7. The Bertz CT molecular complexity index is 621. The zero-order valence-electron chi connectivity index (χ0n) is 15.4. The summed E-state index contributed by atoms with van der Waals surface area (Å²) in [6, 6.07) is 5.47. The topological polar surface area (TPSA) is 133 Å². The molecular weight excluding hydrogens is 344 g/mol. The van der Waals surface area contributed by atoms with Gasteiger partial charge in [-0.25, -0.2) is 0 Å². The highest BCUT2D eigenvalue weighted by atomic mass is 32.2. The van der Waals surface area contributed by atoms with E-state index in [4.69, 9.17) is 20.8 Å². The molecule has 0 aliphatic heterocycles. The lowest BCUT2D eigenvalue weighted by Gasteiger charge is -2.22. The SMILES string of the molecule is CC(C)(C)OC(=O)C(N)CCCCN.Cc1ccc(S(=O)(=O)O)cc1. The van der Waals surface area contributed by atoms with E-state index in [0.717, 1.165) is 18.4 Å². The second-order valence-electron chi connectivity index (χ2n) is 6.71. The lowest BCUT2D eigenvalue weighted by Crippen LogP contribution is -2.37. The Morgan fingerprint density at radius 3 is 2.12 bits per heavy atom. The number of hydrogen-bond donors (Lipinski definition) is 3. The van der Waals surface area contributed by atoms with E-state index in [1.54, 1.807) is 12.1 Å². The number of nitrogens with two attached hydrogens (primary N) is 2. The summed E-state index contributed by atoms with van der Waals surface area (Å²) in [6.45, 7) is 7.97. The summed E-state index contributed by atoms with van der Waals surface area (Å²) in [6.07, 6.45) is 2.42. The summed E-state index contributed by atoms with van der Waals surface area (Å²) < 4.78 is 34.7. The zero-order chi connectivity index (χ0) is 19.7. The summed E-state index contributed by atoms with van der Waals surface area (Å²) in [7, 11) is -4.02. The van der Waals surface area contributed by atoms with E-state index in [2.05, 4.69) is 0 Å². The molecule has 0 radical (unpaired) electrons. The van der Waals surface area contributed by atoms with Crippen LogP contribution in [0.2, 0.25) is 0 Å². The first kappa shape index (κ1) is 23.5. The van der Waals surface area contributed by atoms with Crippen molar-refractivity contribution in [1.82, 2.24) is 0 Å². The largest absolute Gasteiger partial charge is 0.459 e. The first-order valence-corrected chi connectivity index (χ1v) is 9.53. The predicted octanol–water partition coefficient (Wildman–Crippen LogP) is 2.03. The molecule has 0 aromatic heterocycles. The minimum atomic E-state index is -4.02. The standard InChI is InChI=1S/C10H22N2O2.C7H8O3S/c1-10(2,3)14-9(13)8(12)6-4-5-7-11;1-6-2-4-7(5-3-6)11(8,9)10/h8H,4-7,11-12H2,1-3H3;2-5H,1H3,(H,8,9,10). The van der Waals surface area contributed by atoms with Gasteiger partial charge in [-0.1, -0.05) is 24.1 Å². The Hall–Kier alpha value is -1.48. The Labute approximate surface area is 150 Å². The van der Waals surface area contributed by atoms with Crippen molar-refractivity contribution in [3.8, 4) is 0 Å². The molecule has 0 heterocycles. The molecule has 5 N–H and O–H groups in total. The van der Waals surface area contributed by atoms with Crippen LogP contribution >= 0.6 is 0 Å². The molecule has 25 heavy (non-hydrogen) atoms. The quantitative estimate of drug-likeness (QED) is 0.394. The lowest BCUT2D eigenvalue weighted by molar-refractivity contribution is -0.156. The van der Waals surface area contributed by atoms with Gasteiger partial charge in [0.05, 0.1) is 4.90 Å². The Kier molecular flexibility index (Phi) is 9.88. The molecule has 0 spiro atoms. The van der Waals surface area contributed by atoms with Gasteiger partial charge in [-0.05, 0) is 59.2 Å². The highest BCUT2D eigenvalue weighted by Gasteiger charge is 2.21. The van der Waals surface area contributed by atoms with E-state index < -0.39 is 21.8 Å². The minimum Gasteiger partial charge on any atom is -0.459 e. The molecule has 0 bridgehead atoms. The van der Waals surface area contributed by atoms with Crippen molar-refractivity contribution in [2.24, 2.45) is 11.5 Å². The van der Waals surface area contributed by atoms with Crippen LogP contribution in [0, 0.1) is 6.92 Å². The second kappa shape index (κ2) is 10.5. The van der Waals surface area contributed by atoms with Gasteiger partial charge in [0.25, 0.3) is 10.1 Å². The number of esters is 1. The number of ether oxygens (including phenoxy) is 1. The van der Waals surface area contributed by atoms with Crippen LogP contribution < -0.4 is 11.5 Å². The average molecular weight is 375 g/mol. The molecule has 0 amide bonds. The number of rotatable bonds is 6. The van der Waals surface area contributed by atoms with E-state index in [-0.39, 0.29) is 10.9 Å². The van der Waals surface area contributed by atoms with Crippen LogP contribution in [0.4, 0.5) is 0 Å². The van der Waals surface area contributed by atoms with E-state index in [1.807, 2.05) is 27.7 Å². The van der Waals surface area contributed by atoms with Crippen LogP contribution in [0.1, 0.15) is 45.6 Å². The fraction of sp³-hybridized carbons (Fsp3) is 0.588. The van der Waals surface area contributed by atoms with Crippen molar-refractivity contribution in [2.45, 2.75) is 63.5 Å². The maximum Gasteiger partial charge on any atom is 0.323 e. The summed E-state index contributed by atoms with van der Waals surface area (Å²) in [5, 5.41) is 0. The average Bonchev–Trinajstić information content (AvgIpc) is 2.45. The third-order valence-electron chi connectivity index (χ3n) is 3.00. The zero-order valence-corrected chi connectivity index (χ0v) is 16.2. The first-order chi connectivity index (χ1) is 11.4. The van der Waals surface area contributed by atoms with Gasteiger partial charge in [0, 0.05) is 0 Å². The van der Waals surface area contributed by atoms with Gasteiger partial charge in [0.15, 0.2) is 0 Å². The third-order valence-corrected chi connectivity index (χ3v) is 3.87. The molecule has 0 fully saturated rings. The van der Waals surface area contributed by atoms with Gasteiger partial charge in [0.2, 0.25) is 0 Å². The van der Waals surface area contributed by atoms with Crippen molar-refractivity contribution in [2.75, 3.05) is 6.54 Å². The van der Waals surface area contributed by atoms with Crippen molar-refractivity contribution < 1.29 is 22.5 Å². The highest BCUT2D eigenvalue weighted by molar-refractivity contribution is 7.85. The molecule has 7 nitrogen and oxygen atoms in total. The molecule has 1 aromatic carbocycles. The van der Waals surface area contributed by atoms with Crippen molar-refractivity contribution in [3.63, 3.8) is 0 Å². The smallest absolute Gasteiger partial charge is 0.323 e. The Balaban J connectivity index is 0.000000472. The van der Waals surface area contributed by atoms with Crippen molar-refractivity contribution >= 4 is 16.1 Å². The fourth-order valence-corrected chi connectivity index (χ4v) is 2.19. The summed E-state index contributed by atoms with van der Waals surface area (Å²) in [5.74, 6) is -0.325. The molecule has 1 unspecified atom stereocenters. The minimum absolute atomic E-state index is 0.0666. The second-order valence-corrected chi connectivity index (χ2v) is 8.13. The number of aryl methyl sites for hydroxylation is 1. The van der Waals surface area contributed by atoms with E-state index in [0.29, 0.717) is 13.0 Å². The maximum atomic E-state index is 11.4.